The Balaban J connectivity index is 1.98. The Hall–Kier alpha value is -2.66. The molecule has 0 aliphatic rings. The highest BCUT2D eigenvalue weighted by Crippen LogP contribution is 2.16. The lowest BCUT2D eigenvalue weighted by Gasteiger charge is -2.18. The first kappa shape index (κ1) is 18.7. The van der Waals surface area contributed by atoms with Gasteiger partial charge in [0.15, 0.2) is 0 Å². The van der Waals surface area contributed by atoms with E-state index in [0.717, 1.165) is 0 Å². The van der Waals surface area contributed by atoms with Crippen LogP contribution in [0, 0.1) is 6.92 Å². The van der Waals surface area contributed by atoms with Gasteiger partial charge in [0.1, 0.15) is 0 Å². The molecule has 0 aliphatic carbocycles. The number of amides is 1. The van der Waals surface area contributed by atoms with Crippen LogP contribution in [0.5, 0.6) is 0 Å². The third kappa shape index (κ3) is 5.43. The zero-order chi connectivity index (χ0) is 18.2. The van der Waals surface area contributed by atoms with Gasteiger partial charge in [0.25, 0.3) is 0 Å². The van der Waals surface area contributed by atoms with Crippen molar-refractivity contribution in [3.8, 4) is 0 Å². The fourth-order valence-electron chi connectivity index (χ4n) is 2.55. The van der Waals surface area contributed by atoms with E-state index in [1.807, 2.05) is 24.1 Å². The first-order valence-corrected chi connectivity index (χ1v) is 8.30. The summed E-state index contributed by atoms with van der Waals surface area (Å²) in [7, 11) is 1.89. The molecule has 1 N–H and O–H groups in total. The van der Waals surface area contributed by atoms with Crippen LogP contribution >= 0.6 is 0 Å². The Kier molecular flexibility index (Phi) is 6.71. The van der Waals surface area contributed by atoms with Gasteiger partial charge in [0.05, 0.1) is 24.4 Å². The Bertz CT molecular complexity index is 743. The number of anilines is 1. The maximum absolute atomic E-state index is 12.3. The minimum atomic E-state index is -0.438. The predicted octanol–water partition coefficient (Wildman–Crippen LogP) is 3.24. The van der Waals surface area contributed by atoms with Crippen molar-refractivity contribution in [1.29, 1.82) is 0 Å². The number of nitrogens with zero attached hydrogens (tertiary/aromatic N) is 1. The second-order valence-electron chi connectivity index (χ2n) is 5.91. The van der Waals surface area contributed by atoms with Crippen molar-refractivity contribution in [2.75, 3.05) is 25.5 Å². The van der Waals surface area contributed by atoms with E-state index in [2.05, 4.69) is 24.4 Å². The van der Waals surface area contributed by atoms with Crippen molar-refractivity contribution in [1.82, 2.24) is 4.90 Å². The molecule has 5 heteroatoms. The van der Waals surface area contributed by atoms with E-state index in [4.69, 9.17) is 4.74 Å². The van der Waals surface area contributed by atoms with Gasteiger partial charge in [-0.2, -0.15) is 0 Å². The van der Waals surface area contributed by atoms with E-state index >= 15 is 0 Å². The van der Waals surface area contributed by atoms with E-state index in [0.29, 0.717) is 24.4 Å². The summed E-state index contributed by atoms with van der Waals surface area (Å²) < 4.78 is 5.02. The molecule has 0 aliphatic heterocycles. The van der Waals surface area contributed by atoms with Gasteiger partial charge in [0.2, 0.25) is 5.91 Å². The van der Waals surface area contributed by atoms with Gasteiger partial charge in [-0.05, 0) is 44.2 Å². The molecule has 2 aromatic rings. The van der Waals surface area contributed by atoms with Gasteiger partial charge in [-0.25, -0.2) is 4.79 Å². The van der Waals surface area contributed by atoms with E-state index in [-0.39, 0.29) is 12.5 Å². The van der Waals surface area contributed by atoms with Crippen LogP contribution in [0.2, 0.25) is 0 Å². The van der Waals surface area contributed by atoms with Crippen molar-refractivity contribution in [2.24, 2.45) is 0 Å². The lowest BCUT2D eigenvalue weighted by molar-refractivity contribution is -0.117. The van der Waals surface area contributed by atoms with Crippen LogP contribution in [0.15, 0.2) is 48.5 Å². The van der Waals surface area contributed by atoms with Crippen molar-refractivity contribution >= 4 is 17.6 Å². The van der Waals surface area contributed by atoms with Crippen molar-refractivity contribution < 1.29 is 14.3 Å². The minimum Gasteiger partial charge on any atom is -0.462 e. The number of hydrogen-bond donors (Lipinski definition) is 1. The summed E-state index contributed by atoms with van der Waals surface area (Å²) in [6.45, 7) is 5.00. The highest BCUT2D eigenvalue weighted by Gasteiger charge is 2.15. The number of esters is 1. The first-order valence-electron chi connectivity index (χ1n) is 8.30. The quantitative estimate of drug-likeness (QED) is 0.786. The van der Waals surface area contributed by atoms with Gasteiger partial charge in [-0.15, -0.1) is 0 Å². The molecule has 132 valence electrons. The van der Waals surface area contributed by atoms with E-state index in [1.165, 1.54) is 11.1 Å². The fraction of sp³-hybridized carbons (Fsp3) is 0.300. The number of hydrogen-bond acceptors (Lipinski definition) is 4. The third-order valence-corrected chi connectivity index (χ3v) is 3.81. The van der Waals surface area contributed by atoms with Crippen LogP contribution in [0.25, 0.3) is 0 Å². The number of aryl methyl sites for hydroxylation is 1. The van der Waals surface area contributed by atoms with Crippen LogP contribution in [-0.2, 0) is 16.1 Å². The Labute approximate surface area is 148 Å². The molecule has 0 bridgehead atoms. The summed E-state index contributed by atoms with van der Waals surface area (Å²) in [5.41, 5.74) is 3.21. The Morgan fingerprint density at radius 3 is 2.48 bits per heavy atom. The highest BCUT2D eigenvalue weighted by atomic mass is 16.5. The molecule has 0 unspecified atom stereocenters. The molecule has 0 heterocycles. The number of ether oxygens (including phenoxy) is 1. The van der Waals surface area contributed by atoms with Crippen molar-refractivity contribution in [3.05, 3.63) is 65.2 Å². The maximum Gasteiger partial charge on any atom is 0.340 e. The average molecular weight is 340 g/mol. The summed E-state index contributed by atoms with van der Waals surface area (Å²) in [6.07, 6.45) is 0. The number of rotatable bonds is 7. The number of nitrogens with one attached hydrogen (secondary N) is 1. The topological polar surface area (TPSA) is 58.6 Å². The van der Waals surface area contributed by atoms with Gasteiger partial charge in [0, 0.05) is 6.54 Å². The van der Waals surface area contributed by atoms with Gasteiger partial charge in [-0.1, -0.05) is 36.4 Å². The molecule has 0 spiro atoms. The third-order valence-electron chi connectivity index (χ3n) is 3.81. The average Bonchev–Trinajstić information content (AvgIpc) is 2.57. The van der Waals surface area contributed by atoms with Crippen molar-refractivity contribution in [3.63, 3.8) is 0 Å². The molecule has 0 atom stereocenters. The molecule has 2 rings (SSSR count). The minimum absolute atomic E-state index is 0.173. The van der Waals surface area contributed by atoms with E-state index in [9.17, 15) is 9.59 Å². The van der Waals surface area contributed by atoms with Crippen LogP contribution < -0.4 is 5.32 Å². The summed E-state index contributed by atoms with van der Waals surface area (Å²) in [5.74, 6) is -0.612. The largest absolute Gasteiger partial charge is 0.462 e. The first-order chi connectivity index (χ1) is 12.0. The summed E-state index contributed by atoms with van der Waals surface area (Å²) >= 11 is 0. The van der Waals surface area contributed by atoms with Gasteiger partial charge < -0.3 is 10.1 Å². The Morgan fingerprint density at radius 1 is 1.08 bits per heavy atom. The number of benzene rings is 2. The molecule has 1 amide bonds. The fourth-order valence-corrected chi connectivity index (χ4v) is 2.55. The smallest absolute Gasteiger partial charge is 0.340 e. The number of likely N-dealkylation sites (N-methyl/N-ethyl adjacent to an activating group) is 1. The molecule has 0 saturated carbocycles. The predicted molar refractivity (Wildman–Crippen MR) is 98.5 cm³/mol. The van der Waals surface area contributed by atoms with Gasteiger partial charge in [-0.3, -0.25) is 9.69 Å². The van der Waals surface area contributed by atoms with E-state index in [1.54, 1.807) is 31.2 Å². The monoisotopic (exact) mass is 340 g/mol. The standard InChI is InChI=1S/C20H24N2O3/c1-4-25-20(24)17-11-7-8-12-18(17)21-19(23)14-22(3)13-16-10-6-5-9-15(16)2/h5-12H,4,13-14H2,1-3H3,(H,21,23). The maximum atomic E-state index is 12.3. The molecule has 25 heavy (non-hydrogen) atoms. The van der Waals surface area contributed by atoms with Gasteiger partial charge >= 0.3 is 5.97 Å². The molecule has 0 saturated heterocycles. The summed E-state index contributed by atoms with van der Waals surface area (Å²) in [6, 6.07) is 15.0. The van der Waals surface area contributed by atoms with Crippen LogP contribution in [0.3, 0.4) is 0 Å². The molecule has 0 fully saturated rings. The molecular weight excluding hydrogens is 316 g/mol. The number of carbonyl (C=O) groups excluding carboxylic acids is 2. The van der Waals surface area contributed by atoms with Crippen LogP contribution in [0.1, 0.15) is 28.4 Å². The number of carbonyl (C=O) groups is 2. The highest BCUT2D eigenvalue weighted by molar-refractivity contribution is 6.01. The zero-order valence-corrected chi connectivity index (χ0v) is 14.9. The second kappa shape index (κ2) is 8.99. The molecule has 0 radical (unpaired) electrons. The van der Waals surface area contributed by atoms with E-state index < -0.39 is 5.97 Å². The van der Waals surface area contributed by atoms with Crippen LogP contribution in [-0.4, -0.2) is 37.0 Å². The molecule has 0 aromatic heterocycles. The number of para-hydroxylation sites is 1. The lowest BCUT2D eigenvalue weighted by Crippen LogP contribution is -2.30. The van der Waals surface area contributed by atoms with Crippen molar-refractivity contribution in [2.45, 2.75) is 20.4 Å². The summed E-state index contributed by atoms with van der Waals surface area (Å²) in [4.78, 5) is 26.2. The zero-order valence-electron chi connectivity index (χ0n) is 14.9. The summed E-state index contributed by atoms with van der Waals surface area (Å²) in [5, 5.41) is 2.80. The Morgan fingerprint density at radius 2 is 1.76 bits per heavy atom. The SMILES string of the molecule is CCOC(=O)c1ccccc1NC(=O)CN(C)Cc1ccccc1C. The van der Waals surface area contributed by atoms with Crippen LogP contribution in [0.4, 0.5) is 5.69 Å². The second-order valence-corrected chi connectivity index (χ2v) is 5.91. The molecule has 5 nitrogen and oxygen atoms in total. The molecule has 2 aromatic carbocycles. The normalized spacial score (nSPS) is 10.6. The lowest BCUT2D eigenvalue weighted by atomic mass is 10.1. The molecular formula is C20H24N2O3.